The number of allylic oxidation sites excluding steroid dienone is 2. The van der Waals surface area contributed by atoms with Crippen molar-refractivity contribution in [3.05, 3.63) is 54.1 Å². The molecule has 3 heteroatoms. The van der Waals surface area contributed by atoms with Gasteiger partial charge in [-0.2, -0.15) is 0 Å². The van der Waals surface area contributed by atoms with Gasteiger partial charge in [0.25, 0.3) is 5.91 Å². The topological polar surface area (TPSA) is 29.1 Å². The highest BCUT2D eigenvalue weighted by molar-refractivity contribution is 7.78. The molecule has 0 saturated heterocycles. The van der Waals surface area contributed by atoms with Crippen LogP contribution in [0.1, 0.15) is 11.1 Å². The fraction of sp³-hybridized carbons (Fsp3) is 0.0833. The maximum Gasteiger partial charge on any atom is 0.254 e. The third kappa shape index (κ3) is 3.29. The number of benzene rings is 1. The van der Waals surface area contributed by atoms with Crippen LogP contribution in [0.25, 0.3) is 5.57 Å². The summed E-state index contributed by atoms with van der Waals surface area (Å²) in [6.07, 6.45) is 3.11. The summed E-state index contributed by atoms with van der Waals surface area (Å²) in [6.45, 7) is 5.69. The summed E-state index contributed by atoms with van der Waals surface area (Å²) in [5, 5.41) is 0. The lowest BCUT2D eigenvalue weighted by atomic mass is 10.0. The van der Waals surface area contributed by atoms with Crippen molar-refractivity contribution in [2.45, 2.75) is 6.92 Å². The molecule has 15 heavy (non-hydrogen) atoms. The molecule has 1 rings (SSSR count). The molecule has 1 amide bonds. The molecule has 0 aromatic heterocycles. The highest BCUT2D eigenvalue weighted by Crippen LogP contribution is 2.15. The van der Waals surface area contributed by atoms with E-state index in [1.807, 2.05) is 31.2 Å². The van der Waals surface area contributed by atoms with Gasteiger partial charge in [0, 0.05) is 6.08 Å². The molecule has 0 unspecified atom stereocenters. The van der Waals surface area contributed by atoms with Crippen LogP contribution in [0.15, 0.2) is 43.0 Å². The first-order valence-corrected chi connectivity index (χ1v) is 4.97. The molecule has 0 aliphatic carbocycles. The molecule has 1 N–H and O–H groups in total. The first-order chi connectivity index (χ1) is 7.17. The van der Waals surface area contributed by atoms with Gasteiger partial charge < -0.3 is 0 Å². The summed E-state index contributed by atoms with van der Waals surface area (Å²) >= 11 is 3.68. The van der Waals surface area contributed by atoms with Gasteiger partial charge in [0.1, 0.15) is 0 Å². The third-order valence-corrected chi connectivity index (χ3v) is 2.22. The molecule has 0 aliphatic heterocycles. The standard InChI is InChI=1S/C12H13NOS/c1-3-10(8-12(14)13-15)11-6-4-9(2)5-7-11/h3-8,15H,1H2,2H3,(H,13,14)/b10-8+. The highest BCUT2D eigenvalue weighted by Gasteiger charge is 2.00. The van der Waals surface area contributed by atoms with E-state index in [1.165, 1.54) is 11.6 Å². The SMILES string of the molecule is C=C/C(=C\C(=O)NS)c1ccc(C)cc1. The molecule has 0 atom stereocenters. The van der Waals surface area contributed by atoms with E-state index in [9.17, 15) is 4.79 Å². The third-order valence-electron chi connectivity index (χ3n) is 2.00. The van der Waals surface area contributed by atoms with Crippen LogP contribution in [0.4, 0.5) is 0 Å². The van der Waals surface area contributed by atoms with Gasteiger partial charge in [0.15, 0.2) is 0 Å². The van der Waals surface area contributed by atoms with Crippen molar-refractivity contribution in [3.8, 4) is 0 Å². The van der Waals surface area contributed by atoms with Crippen molar-refractivity contribution in [3.63, 3.8) is 0 Å². The van der Waals surface area contributed by atoms with Crippen LogP contribution in [0.5, 0.6) is 0 Å². The molecule has 2 nitrogen and oxygen atoms in total. The average Bonchev–Trinajstić information content (AvgIpc) is 2.27. The Balaban J connectivity index is 3.02. The van der Waals surface area contributed by atoms with Gasteiger partial charge in [-0.15, -0.1) is 0 Å². The van der Waals surface area contributed by atoms with E-state index in [0.29, 0.717) is 0 Å². The van der Waals surface area contributed by atoms with Crippen molar-refractivity contribution >= 4 is 24.3 Å². The van der Waals surface area contributed by atoms with E-state index in [4.69, 9.17) is 0 Å². The molecular formula is C12H13NOS. The average molecular weight is 219 g/mol. The van der Waals surface area contributed by atoms with Gasteiger partial charge in [0.2, 0.25) is 0 Å². The Labute approximate surface area is 95.2 Å². The van der Waals surface area contributed by atoms with E-state index in [2.05, 4.69) is 24.1 Å². The monoisotopic (exact) mass is 219 g/mol. The van der Waals surface area contributed by atoms with E-state index >= 15 is 0 Å². The summed E-state index contributed by atoms with van der Waals surface area (Å²) < 4.78 is 2.24. The first kappa shape index (κ1) is 11.6. The van der Waals surface area contributed by atoms with Crippen LogP contribution in [0.3, 0.4) is 0 Å². The second kappa shape index (κ2) is 5.41. The Bertz CT molecular complexity index is 393. The van der Waals surface area contributed by atoms with Crippen LogP contribution in [0, 0.1) is 6.92 Å². The molecule has 0 spiro atoms. The molecule has 1 aromatic rings. The Hall–Kier alpha value is -1.48. The van der Waals surface area contributed by atoms with Crippen molar-refractivity contribution < 1.29 is 4.79 Å². The largest absolute Gasteiger partial charge is 0.299 e. The van der Waals surface area contributed by atoms with Crippen molar-refractivity contribution in [1.29, 1.82) is 0 Å². The number of carbonyl (C=O) groups is 1. The molecular weight excluding hydrogens is 206 g/mol. The number of hydrogen-bond donors (Lipinski definition) is 2. The summed E-state index contributed by atoms with van der Waals surface area (Å²) in [5.41, 5.74) is 2.93. The van der Waals surface area contributed by atoms with Crippen LogP contribution < -0.4 is 4.72 Å². The van der Waals surface area contributed by atoms with Gasteiger partial charge in [0.05, 0.1) is 0 Å². The van der Waals surface area contributed by atoms with Crippen molar-refractivity contribution in [2.24, 2.45) is 0 Å². The lowest BCUT2D eigenvalue weighted by molar-refractivity contribution is -0.114. The molecule has 0 aliphatic rings. The second-order valence-electron chi connectivity index (χ2n) is 3.15. The van der Waals surface area contributed by atoms with E-state index < -0.39 is 0 Å². The molecule has 0 heterocycles. The minimum absolute atomic E-state index is 0.256. The number of hydrogen-bond acceptors (Lipinski definition) is 2. The van der Waals surface area contributed by atoms with Crippen LogP contribution in [0.2, 0.25) is 0 Å². The molecule has 78 valence electrons. The lowest BCUT2D eigenvalue weighted by Gasteiger charge is -2.02. The smallest absolute Gasteiger partial charge is 0.254 e. The zero-order valence-corrected chi connectivity index (χ0v) is 9.42. The number of thiol groups is 1. The number of carbonyl (C=O) groups excluding carboxylic acids is 1. The number of aryl methyl sites for hydroxylation is 1. The summed E-state index contributed by atoms with van der Waals surface area (Å²) in [6, 6.07) is 7.89. The van der Waals surface area contributed by atoms with E-state index in [0.717, 1.165) is 11.1 Å². The Morgan fingerprint density at radius 1 is 1.40 bits per heavy atom. The van der Waals surface area contributed by atoms with E-state index in [1.54, 1.807) is 6.08 Å². The minimum Gasteiger partial charge on any atom is -0.299 e. The molecule has 0 bridgehead atoms. The van der Waals surface area contributed by atoms with Gasteiger partial charge in [-0.1, -0.05) is 55.3 Å². The summed E-state index contributed by atoms with van der Waals surface area (Å²) in [7, 11) is 0. The Morgan fingerprint density at radius 3 is 2.47 bits per heavy atom. The summed E-state index contributed by atoms with van der Waals surface area (Å²) in [4.78, 5) is 11.1. The van der Waals surface area contributed by atoms with Gasteiger partial charge in [-0.25, -0.2) is 0 Å². The maximum atomic E-state index is 11.1. The van der Waals surface area contributed by atoms with Crippen LogP contribution >= 0.6 is 12.8 Å². The summed E-state index contributed by atoms with van der Waals surface area (Å²) in [5.74, 6) is -0.256. The van der Waals surface area contributed by atoms with Crippen LogP contribution in [-0.4, -0.2) is 5.91 Å². The van der Waals surface area contributed by atoms with E-state index in [-0.39, 0.29) is 5.91 Å². The van der Waals surface area contributed by atoms with Crippen molar-refractivity contribution in [2.75, 3.05) is 0 Å². The van der Waals surface area contributed by atoms with Gasteiger partial charge in [-0.05, 0) is 18.1 Å². The predicted octanol–water partition coefficient (Wildman–Crippen LogP) is 2.53. The van der Waals surface area contributed by atoms with Crippen LogP contribution in [-0.2, 0) is 4.79 Å². The minimum atomic E-state index is -0.256. The number of amides is 1. The molecule has 0 radical (unpaired) electrons. The molecule has 0 saturated carbocycles. The fourth-order valence-electron chi connectivity index (χ4n) is 1.18. The quantitative estimate of drug-likeness (QED) is 0.456. The first-order valence-electron chi connectivity index (χ1n) is 4.52. The van der Waals surface area contributed by atoms with Gasteiger partial charge >= 0.3 is 0 Å². The van der Waals surface area contributed by atoms with Gasteiger partial charge in [-0.3, -0.25) is 9.52 Å². The maximum absolute atomic E-state index is 11.1. The fourth-order valence-corrected chi connectivity index (χ4v) is 1.24. The number of rotatable bonds is 3. The number of nitrogens with one attached hydrogen (secondary N) is 1. The molecule has 0 fully saturated rings. The normalized spacial score (nSPS) is 10.9. The Morgan fingerprint density at radius 2 is 2.00 bits per heavy atom. The zero-order valence-electron chi connectivity index (χ0n) is 8.53. The highest BCUT2D eigenvalue weighted by atomic mass is 32.1. The Kier molecular flexibility index (Phi) is 4.18. The second-order valence-corrected chi connectivity index (χ2v) is 3.37. The zero-order chi connectivity index (χ0) is 11.3. The van der Waals surface area contributed by atoms with Crippen molar-refractivity contribution in [1.82, 2.24) is 4.72 Å². The lowest BCUT2D eigenvalue weighted by Crippen LogP contribution is -2.08. The predicted molar refractivity (Wildman–Crippen MR) is 66.5 cm³/mol. The molecule has 1 aromatic carbocycles.